The van der Waals surface area contributed by atoms with Gasteiger partial charge >= 0.3 is 5.97 Å². The normalized spacial score (nSPS) is 21.9. The molecule has 1 aliphatic heterocycles. The van der Waals surface area contributed by atoms with Crippen LogP contribution >= 0.6 is 0 Å². The molecule has 0 saturated heterocycles. The maximum Gasteiger partial charge on any atom is 0.305 e. The van der Waals surface area contributed by atoms with E-state index in [1.54, 1.807) is 0 Å². The Morgan fingerprint density at radius 1 is 1.67 bits per heavy atom. The molecule has 0 saturated carbocycles. The summed E-state index contributed by atoms with van der Waals surface area (Å²) in [5.41, 5.74) is 0. The van der Waals surface area contributed by atoms with Gasteiger partial charge in [-0.25, -0.2) is 0 Å². The lowest BCUT2D eigenvalue weighted by Crippen LogP contribution is -2.35. The van der Waals surface area contributed by atoms with Gasteiger partial charge in [-0.05, 0) is 6.08 Å². The molecule has 1 atom stereocenters. The zero-order chi connectivity index (χ0) is 9.14. The number of hydrogen-bond acceptors (Lipinski definition) is 3. The summed E-state index contributed by atoms with van der Waals surface area (Å²) in [6.07, 6.45) is 1.44. The van der Waals surface area contributed by atoms with E-state index in [0.717, 1.165) is 4.90 Å². The highest BCUT2D eigenvalue weighted by Gasteiger charge is 2.23. The highest BCUT2D eigenvalue weighted by Crippen LogP contribution is 2.08. The summed E-state index contributed by atoms with van der Waals surface area (Å²) >= 11 is 0. The monoisotopic (exact) mass is 171 g/mol. The second-order valence-electron chi connectivity index (χ2n) is 2.45. The molecule has 5 heteroatoms. The lowest BCUT2D eigenvalue weighted by molar-refractivity contribution is -0.139. The van der Waals surface area contributed by atoms with Crippen molar-refractivity contribution in [1.82, 2.24) is 4.90 Å². The van der Waals surface area contributed by atoms with Gasteiger partial charge in [-0.3, -0.25) is 9.59 Å². The van der Waals surface area contributed by atoms with Crippen LogP contribution in [0.15, 0.2) is 12.2 Å². The number of aliphatic hydroxyl groups is 1. The van der Waals surface area contributed by atoms with Gasteiger partial charge < -0.3 is 15.1 Å². The fourth-order valence-electron chi connectivity index (χ4n) is 0.957. The molecule has 1 aliphatic rings. The minimum Gasteiger partial charge on any atom is -0.481 e. The van der Waals surface area contributed by atoms with Crippen LogP contribution in [-0.2, 0) is 9.59 Å². The molecule has 1 heterocycles. The van der Waals surface area contributed by atoms with Gasteiger partial charge in [0.15, 0.2) is 0 Å². The molecule has 5 nitrogen and oxygen atoms in total. The molecule has 12 heavy (non-hydrogen) atoms. The Hall–Kier alpha value is -1.36. The van der Waals surface area contributed by atoms with Gasteiger partial charge in [-0.2, -0.15) is 0 Å². The van der Waals surface area contributed by atoms with Crippen molar-refractivity contribution in [3.05, 3.63) is 12.2 Å². The third-order valence-electron chi connectivity index (χ3n) is 1.58. The summed E-state index contributed by atoms with van der Waals surface area (Å²) in [5, 5.41) is 17.4. The molecule has 0 radical (unpaired) electrons. The molecule has 2 N–H and O–H groups in total. The van der Waals surface area contributed by atoms with Crippen LogP contribution in [0.25, 0.3) is 0 Å². The van der Waals surface area contributed by atoms with Crippen LogP contribution < -0.4 is 0 Å². The van der Waals surface area contributed by atoms with Crippen LogP contribution in [0.1, 0.15) is 6.42 Å². The number of amides is 1. The highest BCUT2D eigenvalue weighted by molar-refractivity contribution is 5.90. The zero-order valence-electron chi connectivity index (χ0n) is 6.30. The quantitative estimate of drug-likeness (QED) is 0.581. The lowest BCUT2D eigenvalue weighted by Gasteiger charge is -2.18. The maximum absolute atomic E-state index is 10.9. The van der Waals surface area contributed by atoms with Crippen molar-refractivity contribution < 1.29 is 19.8 Å². The summed E-state index contributed by atoms with van der Waals surface area (Å²) in [7, 11) is 0. The first-order valence-corrected chi connectivity index (χ1v) is 3.50. The van der Waals surface area contributed by atoms with Crippen LogP contribution in [0.3, 0.4) is 0 Å². The summed E-state index contributed by atoms with van der Waals surface area (Å²) in [6, 6.07) is 0. The van der Waals surface area contributed by atoms with E-state index in [1.165, 1.54) is 12.2 Å². The van der Waals surface area contributed by atoms with E-state index in [4.69, 9.17) is 10.2 Å². The third-order valence-corrected chi connectivity index (χ3v) is 1.58. The van der Waals surface area contributed by atoms with Gasteiger partial charge in [0, 0.05) is 12.6 Å². The number of carbonyl (C=O) groups is 2. The molecule has 0 aromatic rings. The summed E-state index contributed by atoms with van der Waals surface area (Å²) in [6.45, 7) is 0.0440. The average Bonchev–Trinajstić information content (AvgIpc) is 2.28. The van der Waals surface area contributed by atoms with Crippen molar-refractivity contribution in [3.8, 4) is 0 Å². The first-order chi connectivity index (χ1) is 5.61. The molecule has 1 amide bonds. The SMILES string of the molecule is O=C(O)CCN1C(=O)C=C[C@@H]1O. The van der Waals surface area contributed by atoms with Gasteiger partial charge in [0.1, 0.15) is 6.23 Å². The van der Waals surface area contributed by atoms with Crippen LogP contribution in [0, 0.1) is 0 Å². The van der Waals surface area contributed by atoms with E-state index >= 15 is 0 Å². The predicted molar refractivity (Wildman–Crippen MR) is 39.1 cm³/mol. The van der Waals surface area contributed by atoms with Gasteiger partial charge in [0.25, 0.3) is 0 Å². The van der Waals surface area contributed by atoms with E-state index in [9.17, 15) is 9.59 Å². The van der Waals surface area contributed by atoms with Crippen LogP contribution in [0.5, 0.6) is 0 Å². The molecule has 0 spiro atoms. The molecule has 1 rings (SSSR count). The number of nitrogens with zero attached hydrogens (tertiary/aromatic N) is 1. The van der Waals surface area contributed by atoms with Crippen molar-refractivity contribution in [2.24, 2.45) is 0 Å². The van der Waals surface area contributed by atoms with Crippen molar-refractivity contribution in [2.45, 2.75) is 12.6 Å². The van der Waals surface area contributed by atoms with Gasteiger partial charge in [0.05, 0.1) is 6.42 Å². The predicted octanol–water partition coefficient (Wildman–Crippen LogP) is -0.822. The minimum absolute atomic E-state index is 0.0440. The maximum atomic E-state index is 10.9. The highest BCUT2D eigenvalue weighted by atomic mass is 16.4. The Kier molecular flexibility index (Phi) is 2.44. The van der Waals surface area contributed by atoms with Crippen molar-refractivity contribution in [3.63, 3.8) is 0 Å². The number of carboxylic acid groups (broad SMARTS) is 1. The smallest absolute Gasteiger partial charge is 0.305 e. The van der Waals surface area contributed by atoms with E-state index in [2.05, 4.69) is 0 Å². The Morgan fingerprint density at radius 2 is 2.33 bits per heavy atom. The van der Waals surface area contributed by atoms with Crippen LogP contribution in [0.2, 0.25) is 0 Å². The van der Waals surface area contributed by atoms with Gasteiger partial charge in [-0.1, -0.05) is 0 Å². The zero-order valence-corrected chi connectivity index (χ0v) is 6.30. The summed E-state index contributed by atoms with van der Waals surface area (Å²) in [5.74, 6) is -1.33. The Labute approximate surface area is 68.9 Å². The van der Waals surface area contributed by atoms with Crippen molar-refractivity contribution in [1.29, 1.82) is 0 Å². The topological polar surface area (TPSA) is 77.8 Å². The molecule has 0 aromatic carbocycles. The number of aliphatic hydroxyl groups excluding tert-OH is 1. The van der Waals surface area contributed by atoms with Gasteiger partial charge in [0.2, 0.25) is 5.91 Å². The number of carboxylic acids is 1. The van der Waals surface area contributed by atoms with Gasteiger partial charge in [-0.15, -0.1) is 0 Å². The Balaban J connectivity index is 2.42. The second-order valence-corrected chi connectivity index (χ2v) is 2.45. The number of hydrogen-bond donors (Lipinski definition) is 2. The molecular weight excluding hydrogens is 162 g/mol. The number of carbonyl (C=O) groups excluding carboxylic acids is 1. The van der Waals surface area contributed by atoms with Crippen LogP contribution in [0.4, 0.5) is 0 Å². The van der Waals surface area contributed by atoms with E-state index < -0.39 is 12.2 Å². The molecule has 0 aliphatic carbocycles. The Morgan fingerprint density at radius 3 is 2.75 bits per heavy atom. The summed E-state index contributed by atoms with van der Waals surface area (Å²) < 4.78 is 0. The first kappa shape index (κ1) is 8.73. The lowest BCUT2D eigenvalue weighted by atomic mass is 10.4. The fourth-order valence-corrected chi connectivity index (χ4v) is 0.957. The summed E-state index contributed by atoms with van der Waals surface area (Å²) in [4.78, 5) is 22.1. The first-order valence-electron chi connectivity index (χ1n) is 3.50. The molecule has 0 unspecified atom stereocenters. The van der Waals surface area contributed by atoms with Crippen LogP contribution in [-0.4, -0.2) is 39.8 Å². The third kappa shape index (κ3) is 1.82. The van der Waals surface area contributed by atoms with E-state index in [0.29, 0.717) is 0 Å². The molecular formula is C7H9NO4. The number of aliphatic carboxylic acids is 1. The van der Waals surface area contributed by atoms with E-state index in [1.807, 2.05) is 0 Å². The second kappa shape index (κ2) is 3.36. The standard InChI is InChI=1S/C7H9NO4/c9-5-1-2-6(10)8(5)4-3-7(11)12/h1-2,5,9H,3-4H2,(H,11,12)/t5-/m0/s1. The fraction of sp³-hybridized carbons (Fsp3) is 0.429. The average molecular weight is 171 g/mol. The molecule has 66 valence electrons. The molecule has 0 aromatic heterocycles. The largest absolute Gasteiger partial charge is 0.481 e. The van der Waals surface area contributed by atoms with Crippen molar-refractivity contribution >= 4 is 11.9 Å². The minimum atomic E-state index is -0.984. The molecule has 0 fully saturated rings. The van der Waals surface area contributed by atoms with Crippen molar-refractivity contribution in [2.75, 3.05) is 6.54 Å². The Bertz CT molecular complexity index is 236. The van der Waals surface area contributed by atoms with E-state index in [-0.39, 0.29) is 18.9 Å². The molecule has 0 bridgehead atoms. The number of rotatable bonds is 3.